The Balaban J connectivity index is 2.48. The summed E-state index contributed by atoms with van der Waals surface area (Å²) in [6.45, 7) is 3.80. The summed E-state index contributed by atoms with van der Waals surface area (Å²) in [7, 11) is 1.64. The van der Waals surface area contributed by atoms with Gasteiger partial charge in [-0.3, -0.25) is 0 Å². The zero-order valence-corrected chi connectivity index (χ0v) is 11.0. The molecule has 0 spiro atoms. The van der Waals surface area contributed by atoms with Gasteiger partial charge in [0.1, 0.15) is 11.4 Å². The van der Waals surface area contributed by atoms with E-state index in [1.165, 1.54) is 0 Å². The van der Waals surface area contributed by atoms with Crippen LogP contribution < -0.4 is 4.74 Å². The average molecular weight is 242 g/mol. The molecule has 2 rings (SSSR count). The molecule has 1 atom stereocenters. The molecule has 0 bridgehead atoms. The first kappa shape index (κ1) is 12.7. The third kappa shape index (κ3) is 2.24. The third-order valence-electron chi connectivity index (χ3n) is 3.29. The minimum atomic E-state index is -0.988. The molecule has 2 heteroatoms. The van der Waals surface area contributed by atoms with E-state index < -0.39 is 5.60 Å². The van der Waals surface area contributed by atoms with Gasteiger partial charge in [0, 0.05) is 0 Å². The second kappa shape index (κ2) is 4.83. The average Bonchev–Trinajstić information content (AvgIpc) is 2.39. The number of ether oxygens (including phenoxy) is 1. The Labute approximate surface area is 108 Å². The highest BCUT2D eigenvalue weighted by molar-refractivity contribution is 5.43. The van der Waals surface area contributed by atoms with E-state index in [0.717, 1.165) is 22.4 Å². The number of hydrogen-bond acceptors (Lipinski definition) is 2. The van der Waals surface area contributed by atoms with E-state index in [9.17, 15) is 5.11 Å². The Morgan fingerprint density at radius 3 is 2.28 bits per heavy atom. The molecule has 0 fully saturated rings. The fraction of sp³-hybridized carbons (Fsp3) is 0.250. The molecular formula is C16H18O2. The van der Waals surface area contributed by atoms with Gasteiger partial charge in [-0.25, -0.2) is 0 Å². The summed E-state index contributed by atoms with van der Waals surface area (Å²) in [6, 6.07) is 15.4. The maximum absolute atomic E-state index is 10.8. The monoisotopic (exact) mass is 242 g/mol. The first-order chi connectivity index (χ1) is 8.55. The molecule has 94 valence electrons. The van der Waals surface area contributed by atoms with E-state index in [4.69, 9.17) is 4.74 Å². The van der Waals surface area contributed by atoms with Crippen LogP contribution in [-0.4, -0.2) is 12.2 Å². The topological polar surface area (TPSA) is 29.5 Å². The third-order valence-corrected chi connectivity index (χ3v) is 3.29. The molecule has 0 aromatic heterocycles. The lowest BCUT2D eigenvalue weighted by atomic mass is 9.85. The number of aryl methyl sites for hydroxylation is 1. The van der Waals surface area contributed by atoms with Crippen LogP contribution in [0.1, 0.15) is 23.6 Å². The van der Waals surface area contributed by atoms with Crippen LogP contribution in [-0.2, 0) is 5.60 Å². The number of methoxy groups -OCH3 is 1. The Morgan fingerprint density at radius 1 is 1.06 bits per heavy atom. The Morgan fingerprint density at radius 2 is 1.72 bits per heavy atom. The van der Waals surface area contributed by atoms with Crippen LogP contribution in [0.2, 0.25) is 0 Å². The molecular weight excluding hydrogens is 224 g/mol. The number of rotatable bonds is 3. The second-order valence-electron chi connectivity index (χ2n) is 4.62. The standard InChI is InChI=1S/C16H18O2/c1-12-11-14(18-3)9-10-15(12)16(2,17)13-7-5-4-6-8-13/h4-11,17H,1-3H3. The predicted molar refractivity (Wildman–Crippen MR) is 72.8 cm³/mol. The number of hydrogen-bond donors (Lipinski definition) is 1. The van der Waals surface area contributed by atoms with Gasteiger partial charge >= 0.3 is 0 Å². The van der Waals surface area contributed by atoms with Crippen molar-refractivity contribution in [1.29, 1.82) is 0 Å². The van der Waals surface area contributed by atoms with Gasteiger partial charge in [-0.1, -0.05) is 36.4 Å². The van der Waals surface area contributed by atoms with Crippen molar-refractivity contribution >= 4 is 0 Å². The smallest absolute Gasteiger partial charge is 0.119 e. The zero-order valence-electron chi connectivity index (χ0n) is 11.0. The van der Waals surface area contributed by atoms with Crippen molar-refractivity contribution in [2.75, 3.05) is 7.11 Å². The summed E-state index contributed by atoms with van der Waals surface area (Å²) < 4.78 is 5.19. The fourth-order valence-electron chi connectivity index (χ4n) is 2.23. The molecule has 0 saturated heterocycles. The normalized spacial score (nSPS) is 14.0. The second-order valence-corrected chi connectivity index (χ2v) is 4.62. The van der Waals surface area contributed by atoms with Gasteiger partial charge in [-0.15, -0.1) is 0 Å². The summed E-state index contributed by atoms with van der Waals surface area (Å²) >= 11 is 0. The van der Waals surface area contributed by atoms with Crippen molar-refractivity contribution in [3.05, 3.63) is 65.2 Å². The Bertz CT molecular complexity index is 530. The molecule has 0 amide bonds. The maximum atomic E-state index is 10.8. The first-order valence-corrected chi connectivity index (χ1v) is 5.98. The molecule has 0 aliphatic heterocycles. The van der Waals surface area contributed by atoms with E-state index in [2.05, 4.69) is 0 Å². The predicted octanol–water partition coefficient (Wildman–Crippen LogP) is 3.26. The molecule has 0 heterocycles. The maximum Gasteiger partial charge on any atom is 0.119 e. The molecule has 0 radical (unpaired) electrons. The van der Waals surface area contributed by atoms with Crippen LogP contribution in [0.5, 0.6) is 5.75 Å². The highest BCUT2D eigenvalue weighted by atomic mass is 16.5. The Kier molecular flexibility index (Phi) is 3.39. The molecule has 1 N–H and O–H groups in total. The van der Waals surface area contributed by atoms with Gasteiger partial charge in [-0.2, -0.15) is 0 Å². The van der Waals surface area contributed by atoms with Gasteiger partial charge in [0.25, 0.3) is 0 Å². The van der Waals surface area contributed by atoms with Crippen LogP contribution in [0.15, 0.2) is 48.5 Å². The minimum absolute atomic E-state index is 0.806. The molecule has 1 unspecified atom stereocenters. The first-order valence-electron chi connectivity index (χ1n) is 5.98. The van der Waals surface area contributed by atoms with Crippen molar-refractivity contribution < 1.29 is 9.84 Å². The Hall–Kier alpha value is -1.80. The van der Waals surface area contributed by atoms with Crippen molar-refractivity contribution in [3.8, 4) is 5.75 Å². The van der Waals surface area contributed by atoms with Crippen molar-refractivity contribution in [3.63, 3.8) is 0 Å². The highest BCUT2D eigenvalue weighted by Crippen LogP contribution is 2.32. The molecule has 0 saturated carbocycles. The lowest BCUT2D eigenvalue weighted by Crippen LogP contribution is -2.23. The van der Waals surface area contributed by atoms with Crippen LogP contribution in [0.3, 0.4) is 0 Å². The van der Waals surface area contributed by atoms with E-state index in [-0.39, 0.29) is 0 Å². The summed E-state index contributed by atoms with van der Waals surface area (Å²) in [6.07, 6.45) is 0. The molecule has 0 aliphatic carbocycles. The molecule has 2 nitrogen and oxygen atoms in total. The van der Waals surface area contributed by atoms with E-state index >= 15 is 0 Å². The van der Waals surface area contributed by atoms with Crippen LogP contribution >= 0.6 is 0 Å². The van der Waals surface area contributed by atoms with Crippen molar-refractivity contribution in [1.82, 2.24) is 0 Å². The molecule has 18 heavy (non-hydrogen) atoms. The summed E-state index contributed by atoms with van der Waals surface area (Å²) in [5.41, 5.74) is 1.81. The van der Waals surface area contributed by atoms with E-state index in [0.29, 0.717) is 0 Å². The van der Waals surface area contributed by atoms with Crippen molar-refractivity contribution in [2.24, 2.45) is 0 Å². The van der Waals surface area contributed by atoms with Gasteiger partial charge in [-0.05, 0) is 42.7 Å². The largest absolute Gasteiger partial charge is 0.497 e. The quantitative estimate of drug-likeness (QED) is 0.895. The number of aliphatic hydroxyl groups is 1. The summed E-state index contributed by atoms with van der Waals surface area (Å²) in [5.74, 6) is 0.806. The lowest BCUT2D eigenvalue weighted by Gasteiger charge is -2.26. The van der Waals surface area contributed by atoms with Crippen LogP contribution in [0.25, 0.3) is 0 Å². The van der Waals surface area contributed by atoms with Gasteiger partial charge in [0.05, 0.1) is 7.11 Å². The van der Waals surface area contributed by atoms with E-state index in [1.807, 2.05) is 62.4 Å². The van der Waals surface area contributed by atoms with Crippen molar-refractivity contribution in [2.45, 2.75) is 19.4 Å². The van der Waals surface area contributed by atoms with Crippen LogP contribution in [0.4, 0.5) is 0 Å². The van der Waals surface area contributed by atoms with Gasteiger partial charge < -0.3 is 9.84 Å². The highest BCUT2D eigenvalue weighted by Gasteiger charge is 2.27. The van der Waals surface area contributed by atoms with E-state index in [1.54, 1.807) is 7.11 Å². The van der Waals surface area contributed by atoms with Gasteiger partial charge in [0.2, 0.25) is 0 Å². The zero-order chi connectivity index (χ0) is 13.2. The lowest BCUT2D eigenvalue weighted by molar-refractivity contribution is 0.101. The molecule has 0 aliphatic rings. The van der Waals surface area contributed by atoms with Gasteiger partial charge in [0.15, 0.2) is 0 Å². The fourth-order valence-corrected chi connectivity index (χ4v) is 2.23. The summed E-state index contributed by atoms with van der Waals surface area (Å²) in [5, 5.41) is 10.8. The SMILES string of the molecule is COc1ccc(C(C)(O)c2ccccc2)c(C)c1. The van der Waals surface area contributed by atoms with Crippen LogP contribution in [0, 0.1) is 6.92 Å². The molecule has 2 aromatic carbocycles. The summed E-state index contributed by atoms with van der Waals surface area (Å²) in [4.78, 5) is 0. The minimum Gasteiger partial charge on any atom is -0.497 e. The number of benzene rings is 2. The molecule has 2 aromatic rings.